The van der Waals surface area contributed by atoms with Crippen molar-refractivity contribution in [3.05, 3.63) is 71.0 Å². The van der Waals surface area contributed by atoms with Crippen LogP contribution in [0.3, 0.4) is 0 Å². The zero-order chi connectivity index (χ0) is 18.3. The summed E-state index contributed by atoms with van der Waals surface area (Å²) in [5.74, 6) is -1.11. The molecule has 26 heavy (non-hydrogen) atoms. The third-order valence-corrected chi connectivity index (χ3v) is 4.60. The number of carbonyl (C=O) groups excluding carboxylic acids is 2. The number of Topliss-reactive ketones (excluding diaryl/α,β-unsaturated/α-hetero) is 1. The Kier molecular flexibility index (Phi) is 3.84. The van der Waals surface area contributed by atoms with E-state index in [0.29, 0.717) is 17.8 Å². The lowest BCUT2D eigenvalue weighted by molar-refractivity contribution is -0.117. The number of aryl methyl sites for hydroxylation is 2. The first kappa shape index (κ1) is 16.1. The van der Waals surface area contributed by atoms with Gasteiger partial charge in [-0.05, 0) is 49.1 Å². The molecule has 0 spiro atoms. The van der Waals surface area contributed by atoms with Crippen LogP contribution >= 0.6 is 0 Å². The summed E-state index contributed by atoms with van der Waals surface area (Å²) in [6.07, 6.45) is 0. The van der Waals surface area contributed by atoms with Crippen LogP contribution in [-0.4, -0.2) is 21.7 Å². The van der Waals surface area contributed by atoms with Gasteiger partial charge in [0.25, 0.3) is 11.7 Å². The molecule has 1 amide bonds. The molecule has 0 saturated carbocycles. The second kappa shape index (κ2) is 6.19. The quantitative estimate of drug-likeness (QED) is 0.389. The van der Waals surface area contributed by atoms with Gasteiger partial charge in [0, 0.05) is 34.4 Å². The lowest BCUT2D eigenvalue weighted by Crippen LogP contribution is -2.30. The Morgan fingerprint density at radius 3 is 2.62 bits per heavy atom. The Bertz CT molecular complexity index is 1150. The fourth-order valence-corrected chi connectivity index (χ4v) is 3.38. The number of hydrogen-bond acceptors (Lipinski definition) is 2. The Morgan fingerprint density at radius 1 is 0.962 bits per heavy atom. The summed E-state index contributed by atoms with van der Waals surface area (Å²) < 4.78 is 0. The van der Waals surface area contributed by atoms with E-state index in [-0.39, 0.29) is 0 Å². The minimum absolute atomic E-state index is 0.312. The van der Waals surface area contributed by atoms with Crippen LogP contribution in [0.1, 0.15) is 27.3 Å². The van der Waals surface area contributed by atoms with Gasteiger partial charge in [0.1, 0.15) is 0 Å². The van der Waals surface area contributed by atoms with Crippen LogP contribution in [-0.2, 0) is 11.3 Å². The predicted octanol–water partition coefficient (Wildman–Crippen LogP) is 3.77. The van der Waals surface area contributed by atoms with Crippen LogP contribution in [0.25, 0.3) is 21.8 Å². The van der Waals surface area contributed by atoms with Gasteiger partial charge in [0.2, 0.25) is 0 Å². The molecule has 0 saturated heterocycles. The van der Waals surface area contributed by atoms with Gasteiger partial charge in [0.05, 0.1) is 5.56 Å². The minimum atomic E-state index is -0.594. The molecule has 5 heteroatoms. The standard InChI is InChI=1S/C21H19N3O2/c1-12-9-15-10-14(7-8-17(15)23-12)11-22-21(26)20(25)19-13(2)24-18-6-4-3-5-16(18)19/h3-10,23-24H,11H2,1-2H3,(H,22,26). The second-order valence-corrected chi connectivity index (χ2v) is 6.56. The first-order valence-corrected chi connectivity index (χ1v) is 8.51. The van der Waals surface area contributed by atoms with Crippen molar-refractivity contribution in [2.75, 3.05) is 0 Å². The third-order valence-electron chi connectivity index (χ3n) is 4.60. The van der Waals surface area contributed by atoms with Gasteiger partial charge >= 0.3 is 0 Å². The minimum Gasteiger partial charge on any atom is -0.359 e. The van der Waals surface area contributed by atoms with Gasteiger partial charge in [-0.1, -0.05) is 24.3 Å². The number of aromatic amines is 2. The third kappa shape index (κ3) is 2.77. The molecule has 0 aliphatic carbocycles. The van der Waals surface area contributed by atoms with E-state index < -0.39 is 11.7 Å². The second-order valence-electron chi connectivity index (χ2n) is 6.56. The first-order valence-electron chi connectivity index (χ1n) is 8.51. The summed E-state index contributed by atoms with van der Waals surface area (Å²) in [6.45, 7) is 4.12. The number of rotatable bonds is 4. The molecule has 0 aliphatic rings. The lowest BCUT2D eigenvalue weighted by Gasteiger charge is -2.05. The molecule has 0 fully saturated rings. The van der Waals surface area contributed by atoms with Crippen molar-refractivity contribution in [3.63, 3.8) is 0 Å². The van der Waals surface area contributed by atoms with Gasteiger partial charge in [-0.25, -0.2) is 0 Å². The summed E-state index contributed by atoms with van der Waals surface area (Å²) in [5, 5.41) is 4.60. The maximum absolute atomic E-state index is 12.6. The summed E-state index contributed by atoms with van der Waals surface area (Å²) >= 11 is 0. The molecule has 0 unspecified atom stereocenters. The van der Waals surface area contributed by atoms with E-state index in [9.17, 15) is 9.59 Å². The van der Waals surface area contributed by atoms with Crippen molar-refractivity contribution in [2.45, 2.75) is 20.4 Å². The number of amides is 1. The Hall–Kier alpha value is -3.34. The van der Waals surface area contributed by atoms with Gasteiger partial charge in [0.15, 0.2) is 0 Å². The largest absolute Gasteiger partial charge is 0.359 e. The lowest BCUT2D eigenvalue weighted by atomic mass is 10.1. The molecule has 0 radical (unpaired) electrons. The van der Waals surface area contributed by atoms with Crippen molar-refractivity contribution in [3.8, 4) is 0 Å². The van der Waals surface area contributed by atoms with Crippen LogP contribution in [0, 0.1) is 13.8 Å². The molecule has 5 nitrogen and oxygen atoms in total. The maximum atomic E-state index is 12.6. The zero-order valence-corrected chi connectivity index (χ0v) is 14.6. The van der Waals surface area contributed by atoms with E-state index in [1.165, 1.54) is 0 Å². The number of para-hydroxylation sites is 1. The topological polar surface area (TPSA) is 77.8 Å². The molecular formula is C21H19N3O2. The number of carbonyl (C=O) groups is 2. The SMILES string of the molecule is Cc1cc2cc(CNC(=O)C(=O)c3c(C)[nH]c4ccccc34)ccc2[nH]1. The van der Waals surface area contributed by atoms with Crippen LogP contribution < -0.4 is 5.32 Å². The van der Waals surface area contributed by atoms with Crippen molar-refractivity contribution in [2.24, 2.45) is 0 Å². The molecule has 3 N–H and O–H groups in total. The number of benzene rings is 2. The molecule has 130 valence electrons. The number of nitrogens with one attached hydrogen (secondary N) is 3. The van der Waals surface area contributed by atoms with Gasteiger partial charge in [-0.2, -0.15) is 0 Å². The molecule has 4 rings (SSSR count). The summed E-state index contributed by atoms with van der Waals surface area (Å²) in [5.41, 5.74) is 5.10. The molecule has 0 atom stereocenters. The van der Waals surface area contributed by atoms with E-state index in [1.807, 2.05) is 56.3 Å². The average Bonchev–Trinajstić information content (AvgIpc) is 3.16. The molecule has 0 aliphatic heterocycles. The smallest absolute Gasteiger partial charge is 0.292 e. The Labute approximate surface area is 150 Å². The van der Waals surface area contributed by atoms with Crippen molar-refractivity contribution < 1.29 is 9.59 Å². The maximum Gasteiger partial charge on any atom is 0.292 e. The number of hydrogen-bond donors (Lipinski definition) is 3. The summed E-state index contributed by atoms with van der Waals surface area (Å²) in [7, 11) is 0. The fourth-order valence-electron chi connectivity index (χ4n) is 3.38. The highest BCUT2D eigenvalue weighted by atomic mass is 16.2. The van der Waals surface area contributed by atoms with Crippen molar-refractivity contribution in [1.82, 2.24) is 15.3 Å². The molecule has 2 aromatic heterocycles. The highest BCUT2D eigenvalue weighted by Gasteiger charge is 2.22. The van der Waals surface area contributed by atoms with Crippen molar-refractivity contribution in [1.29, 1.82) is 0 Å². The number of fused-ring (bicyclic) bond motifs is 2. The van der Waals surface area contributed by atoms with E-state index in [4.69, 9.17) is 0 Å². The van der Waals surface area contributed by atoms with Crippen LogP contribution in [0.5, 0.6) is 0 Å². The predicted molar refractivity (Wildman–Crippen MR) is 102 cm³/mol. The van der Waals surface area contributed by atoms with Crippen LogP contribution in [0.2, 0.25) is 0 Å². The van der Waals surface area contributed by atoms with Crippen LogP contribution in [0.15, 0.2) is 48.5 Å². The summed E-state index contributed by atoms with van der Waals surface area (Å²) in [6, 6.07) is 15.5. The molecule has 4 aromatic rings. The molecule has 2 aromatic carbocycles. The van der Waals surface area contributed by atoms with E-state index >= 15 is 0 Å². The first-order chi connectivity index (χ1) is 12.5. The van der Waals surface area contributed by atoms with Crippen LogP contribution in [0.4, 0.5) is 0 Å². The molecule has 2 heterocycles. The monoisotopic (exact) mass is 345 g/mol. The van der Waals surface area contributed by atoms with E-state index in [0.717, 1.165) is 33.1 Å². The van der Waals surface area contributed by atoms with E-state index in [1.54, 1.807) is 0 Å². The van der Waals surface area contributed by atoms with Crippen molar-refractivity contribution >= 4 is 33.5 Å². The normalized spacial score (nSPS) is 11.2. The number of aromatic nitrogens is 2. The Balaban J connectivity index is 1.53. The van der Waals surface area contributed by atoms with Gasteiger partial charge < -0.3 is 15.3 Å². The Morgan fingerprint density at radius 2 is 1.77 bits per heavy atom. The average molecular weight is 345 g/mol. The number of H-pyrrole nitrogens is 2. The van der Waals surface area contributed by atoms with Gasteiger partial charge in [-0.3, -0.25) is 9.59 Å². The zero-order valence-electron chi connectivity index (χ0n) is 14.6. The van der Waals surface area contributed by atoms with E-state index in [2.05, 4.69) is 21.4 Å². The molecule has 0 bridgehead atoms. The van der Waals surface area contributed by atoms with Gasteiger partial charge in [-0.15, -0.1) is 0 Å². The summed E-state index contributed by atoms with van der Waals surface area (Å²) in [4.78, 5) is 31.5. The highest BCUT2D eigenvalue weighted by molar-refractivity contribution is 6.45. The fraction of sp³-hybridized carbons (Fsp3) is 0.143. The molecular weight excluding hydrogens is 326 g/mol. The highest BCUT2D eigenvalue weighted by Crippen LogP contribution is 2.22. The number of ketones is 1.